The highest BCUT2D eigenvalue weighted by Gasteiger charge is 2.26. The molecule has 3 rings (SSSR count). The molecule has 7 nitrogen and oxygen atoms in total. The molecule has 0 radical (unpaired) electrons. The Morgan fingerprint density at radius 3 is 3.00 bits per heavy atom. The maximum atomic E-state index is 12.0. The van der Waals surface area contributed by atoms with Crippen molar-refractivity contribution in [1.29, 1.82) is 0 Å². The van der Waals surface area contributed by atoms with Gasteiger partial charge in [0.1, 0.15) is 5.92 Å². The summed E-state index contributed by atoms with van der Waals surface area (Å²) >= 11 is 0. The molecule has 20 heavy (non-hydrogen) atoms. The number of aromatic nitrogens is 2. The van der Waals surface area contributed by atoms with Crippen molar-refractivity contribution in [3.63, 3.8) is 0 Å². The molecule has 1 unspecified atom stereocenters. The highest BCUT2D eigenvalue weighted by atomic mass is 16.4. The third kappa shape index (κ3) is 2.03. The van der Waals surface area contributed by atoms with Gasteiger partial charge in [-0.2, -0.15) is 5.10 Å². The predicted molar refractivity (Wildman–Crippen MR) is 74.1 cm³/mol. The number of carboxylic acids is 1. The topological polar surface area (TPSA) is 98.7 Å². The number of carbonyl (C=O) groups is 1. The number of aryl methyl sites for hydroxylation is 1. The van der Waals surface area contributed by atoms with Crippen LogP contribution in [-0.4, -0.2) is 33.8 Å². The second kappa shape index (κ2) is 4.44. The number of nitrogens with zero attached hydrogens (tertiary/aromatic N) is 3. The molecule has 1 atom stereocenters. The summed E-state index contributed by atoms with van der Waals surface area (Å²) in [6, 6.07) is 5.36. The second-order valence-electron chi connectivity index (χ2n) is 4.70. The lowest BCUT2D eigenvalue weighted by Gasteiger charge is -2.13. The number of fused-ring (bicyclic) bond motifs is 1. The van der Waals surface area contributed by atoms with E-state index in [9.17, 15) is 9.59 Å². The molecule has 2 heterocycles. The van der Waals surface area contributed by atoms with Crippen LogP contribution in [0.2, 0.25) is 0 Å². The van der Waals surface area contributed by atoms with E-state index in [1.165, 1.54) is 11.2 Å². The van der Waals surface area contributed by atoms with Gasteiger partial charge < -0.3 is 5.11 Å². The normalized spacial score (nSPS) is 17.9. The van der Waals surface area contributed by atoms with E-state index in [4.69, 9.17) is 5.11 Å². The number of benzene rings is 1. The van der Waals surface area contributed by atoms with Gasteiger partial charge in [-0.1, -0.05) is 6.07 Å². The van der Waals surface area contributed by atoms with E-state index in [1.54, 1.807) is 6.07 Å². The zero-order chi connectivity index (χ0) is 14.3. The van der Waals surface area contributed by atoms with E-state index in [0.717, 1.165) is 5.56 Å². The number of carboxylic acid groups (broad SMARTS) is 1. The molecule has 0 spiro atoms. The maximum absolute atomic E-state index is 12.0. The van der Waals surface area contributed by atoms with Gasteiger partial charge in [0.2, 0.25) is 5.95 Å². The summed E-state index contributed by atoms with van der Waals surface area (Å²) in [6.07, 6.45) is 1.34. The van der Waals surface area contributed by atoms with Crippen LogP contribution in [0.15, 0.2) is 28.1 Å². The molecule has 2 N–H and O–H groups in total. The van der Waals surface area contributed by atoms with Crippen LogP contribution < -0.4 is 10.6 Å². The van der Waals surface area contributed by atoms with Gasteiger partial charge in [0.25, 0.3) is 5.56 Å². The minimum Gasteiger partial charge on any atom is -0.481 e. The van der Waals surface area contributed by atoms with Crippen LogP contribution in [-0.2, 0) is 4.79 Å². The average molecular weight is 272 g/mol. The van der Waals surface area contributed by atoms with E-state index in [2.05, 4.69) is 15.1 Å². The molecule has 0 saturated heterocycles. The summed E-state index contributed by atoms with van der Waals surface area (Å²) in [4.78, 5) is 29.8. The van der Waals surface area contributed by atoms with Crippen LogP contribution in [0, 0.1) is 12.8 Å². The Labute approximate surface area is 113 Å². The molecular formula is C13H12N4O3. The number of anilines is 1. The standard InChI is InChI=1S/C13H12N4O3/c1-7-2-3-9-10(4-7)15-13(16-11(9)18)17-6-8(5-14-17)12(19)20/h2-5,8H,6H2,1H3,(H,19,20)(H,15,16,18). The molecule has 102 valence electrons. The third-order valence-corrected chi connectivity index (χ3v) is 3.17. The van der Waals surface area contributed by atoms with Crippen LogP contribution in [0.1, 0.15) is 5.56 Å². The summed E-state index contributed by atoms with van der Waals surface area (Å²) in [5.74, 6) is -1.38. The van der Waals surface area contributed by atoms with E-state index < -0.39 is 11.9 Å². The number of hydrogen-bond donors (Lipinski definition) is 2. The summed E-state index contributed by atoms with van der Waals surface area (Å²) in [6.45, 7) is 2.08. The first kappa shape index (κ1) is 12.3. The zero-order valence-electron chi connectivity index (χ0n) is 10.7. The quantitative estimate of drug-likeness (QED) is 0.840. The third-order valence-electron chi connectivity index (χ3n) is 3.17. The monoisotopic (exact) mass is 272 g/mol. The number of aliphatic carboxylic acids is 1. The van der Waals surface area contributed by atoms with E-state index >= 15 is 0 Å². The highest BCUT2D eigenvalue weighted by molar-refractivity contribution is 5.91. The van der Waals surface area contributed by atoms with Crippen LogP contribution >= 0.6 is 0 Å². The van der Waals surface area contributed by atoms with Crippen molar-refractivity contribution in [3.05, 3.63) is 34.1 Å². The Morgan fingerprint density at radius 1 is 1.50 bits per heavy atom. The molecule has 0 bridgehead atoms. The zero-order valence-corrected chi connectivity index (χ0v) is 10.7. The van der Waals surface area contributed by atoms with Gasteiger partial charge in [0, 0.05) is 6.21 Å². The van der Waals surface area contributed by atoms with Crippen molar-refractivity contribution in [2.75, 3.05) is 11.6 Å². The maximum Gasteiger partial charge on any atom is 0.313 e. The van der Waals surface area contributed by atoms with Crippen molar-refractivity contribution in [1.82, 2.24) is 9.97 Å². The summed E-state index contributed by atoms with van der Waals surface area (Å²) in [5, 5.41) is 14.8. The van der Waals surface area contributed by atoms with Gasteiger partial charge in [-0.25, -0.2) is 9.99 Å². The molecule has 1 aromatic heterocycles. The Hall–Kier alpha value is -2.70. The van der Waals surface area contributed by atoms with E-state index in [0.29, 0.717) is 10.9 Å². The van der Waals surface area contributed by atoms with Crippen LogP contribution in [0.25, 0.3) is 10.9 Å². The van der Waals surface area contributed by atoms with Gasteiger partial charge in [0.05, 0.1) is 17.4 Å². The highest BCUT2D eigenvalue weighted by Crippen LogP contribution is 2.17. The molecule has 0 amide bonds. The average Bonchev–Trinajstić information content (AvgIpc) is 2.87. The van der Waals surface area contributed by atoms with E-state index in [-0.39, 0.29) is 18.1 Å². The SMILES string of the molecule is Cc1ccc2c(=O)[nH]c(N3CC(C(=O)O)C=N3)nc2c1. The molecule has 7 heteroatoms. The van der Waals surface area contributed by atoms with Crippen molar-refractivity contribution in [3.8, 4) is 0 Å². The lowest BCUT2D eigenvalue weighted by molar-refractivity contribution is -0.138. The predicted octanol–water partition coefficient (Wildman–Crippen LogP) is 0.738. The minimum absolute atomic E-state index is 0.162. The first-order chi connectivity index (χ1) is 9.54. The van der Waals surface area contributed by atoms with Gasteiger partial charge in [-0.3, -0.25) is 14.6 Å². The molecule has 0 aliphatic carbocycles. The van der Waals surface area contributed by atoms with Gasteiger partial charge in [0.15, 0.2) is 0 Å². The Balaban J connectivity index is 2.04. The van der Waals surface area contributed by atoms with Crippen LogP contribution in [0.3, 0.4) is 0 Å². The van der Waals surface area contributed by atoms with Crippen molar-refractivity contribution >= 4 is 29.0 Å². The largest absolute Gasteiger partial charge is 0.481 e. The fourth-order valence-corrected chi connectivity index (χ4v) is 2.08. The number of rotatable bonds is 2. The molecule has 2 aromatic rings. The smallest absolute Gasteiger partial charge is 0.313 e. The molecule has 0 fully saturated rings. The molecule has 1 aliphatic rings. The summed E-state index contributed by atoms with van der Waals surface area (Å²) in [5.41, 5.74) is 1.30. The second-order valence-corrected chi connectivity index (χ2v) is 4.70. The molecule has 0 saturated carbocycles. The molecular weight excluding hydrogens is 260 g/mol. The number of aromatic amines is 1. The van der Waals surface area contributed by atoms with E-state index in [1.807, 2.05) is 19.1 Å². The molecule has 1 aromatic carbocycles. The minimum atomic E-state index is -0.949. The van der Waals surface area contributed by atoms with Gasteiger partial charge >= 0.3 is 5.97 Å². The number of nitrogens with one attached hydrogen (secondary N) is 1. The van der Waals surface area contributed by atoms with Gasteiger partial charge in [-0.05, 0) is 24.6 Å². The summed E-state index contributed by atoms with van der Waals surface area (Å²) < 4.78 is 0. The van der Waals surface area contributed by atoms with Crippen LogP contribution in [0.5, 0.6) is 0 Å². The number of H-pyrrole nitrogens is 1. The number of hydrazone groups is 1. The van der Waals surface area contributed by atoms with Crippen molar-refractivity contribution in [2.45, 2.75) is 6.92 Å². The van der Waals surface area contributed by atoms with Gasteiger partial charge in [-0.15, -0.1) is 0 Å². The number of hydrogen-bond acceptors (Lipinski definition) is 5. The fraction of sp³-hybridized carbons (Fsp3) is 0.231. The summed E-state index contributed by atoms with van der Waals surface area (Å²) in [7, 11) is 0. The first-order valence-corrected chi connectivity index (χ1v) is 6.10. The first-order valence-electron chi connectivity index (χ1n) is 6.10. The lowest BCUT2D eigenvalue weighted by atomic mass is 10.2. The fourth-order valence-electron chi connectivity index (χ4n) is 2.08. The van der Waals surface area contributed by atoms with Crippen molar-refractivity contribution < 1.29 is 9.90 Å². The Bertz CT molecular complexity index is 781. The van der Waals surface area contributed by atoms with Crippen LogP contribution in [0.4, 0.5) is 5.95 Å². The Morgan fingerprint density at radius 2 is 2.30 bits per heavy atom. The van der Waals surface area contributed by atoms with Crippen molar-refractivity contribution in [2.24, 2.45) is 11.0 Å². The Kier molecular flexibility index (Phi) is 2.74. The molecule has 1 aliphatic heterocycles. The lowest BCUT2D eigenvalue weighted by Crippen LogP contribution is -2.26.